The summed E-state index contributed by atoms with van der Waals surface area (Å²) in [5.74, 6) is 0.0601. The molecule has 0 atom stereocenters. The molecule has 22 heavy (non-hydrogen) atoms. The van der Waals surface area contributed by atoms with E-state index >= 15 is 0 Å². The number of hydrogen-bond donors (Lipinski definition) is 0. The maximum Gasteiger partial charge on any atom is 0.264 e. The van der Waals surface area contributed by atoms with Gasteiger partial charge in [0, 0.05) is 17.8 Å². The molecule has 0 aliphatic rings. The van der Waals surface area contributed by atoms with E-state index in [0.717, 1.165) is 20.5 Å². The Morgan fingerprint density at radius 2 is 1.82 bits per heavy atom. The fourth-order valence-corrected chi connectivity index (χ4v) is 3.45. The first-order valence-electron chi connectivity index (χ1n) is 7.20. The summed E-state index contributed by atoms with van der Waals surface area (Å²) >= 11 is 1.54. The molecule has 1 amide bonds. The van der Waals surface area contributed by atoms with Gasteiger partial charge >= 0.3 is 0 Å². The van der Waals surface area contributed by atoms with Crippen LogP contribution in [-0.4, -0.2) is 17.4 Å². The van der Waals surface area contributed by atoms with E-state index in [1.807, 2.05) is 65.6 Å². The fourth-order valence-electron chi connectivity index (χ4n) is 2.42. The fraction of sp³-hybridized carbons (Fsp3) is 0.105. The minimum absolute atomic E-state index is 0.0601. The van der Waals surface area contributed by atoms with Gasteiger partial charge < -0.3 is 4.90 Å². The summed E-state index contributed by atoms with van der Waals surface area (Å²) < 4.78 is 1.14. The van der Waals surface area contributed by atoms with Gasteiger partial charge in [-0.2, -0.15) is 0 Å². The Hall–Kier alpha value is -2.39. The van der Waals surface area contributed by atoms with Crippen molar-refractivity contribution in [3.8, 4) is 0 Å². The Bertz CT molecular complexity index is 758. The molecule has 0 unspecified atom stereocenters. The predicted octanol–water partition coefficient (Wildman–Crippen LogP) is 4.73. The third-order valence-electron chi connectivity index (χ3n) is 3.49. The van der Waals surface area contributed by atoms with Gasteiger partial charge in [0.05, 0.1) is 4.88 Å². The van der Waals surface area contributed by atoms with E-state index in [1.54, 1.807) is 17.4 Å². The predicted molar refractivity (Wildman–Crippen MR) is 93.2 cm³/mol. The zero-order chi connectivity index (χ0) is 15.4. The summed E-state index contributed by atoms with van der Waals surface area (Å²) in [7, 11) is 0. The lowest BCUT2D eigenvalue weighted by Gasteiger charge is -2.20. The zero-order valence-electron chi connectivity index (χ0n) is 12.2. The zero-order valence-corrected chi connectivity index (χ0v) is 13.1. The Balaban J connectivity index is 1.87. The van der Waals surface area contributed by atoms with Gasteiger partial charge in [-0.15, -0.1) is 17.9 Å². The van der Waals surface area contributed by atoms with E-state index in [1.165, 1.54) is 0 Å². The molecule has 3 aromatic rings. The SMILES string of the molecule is C=CCN(Cc1ccccc1)C(=O)c1cc2ccccc2s1. The van der Waals surface area contributed by atoms with Crippen LogP contribution in [0.2, 0.25) is 0 Å². The molecule has 0 aliphatic carbocycles. The van der Waals surface area contributed by atoms with Crippen LogP contribution in [0.4, 0.5) is 0 Å². The third-order valence-corrected chi connectivity index (χ3v) is 4.59. The van der Waals surface area contributed by atoms with Crippen molar-refractivity contribution in [1.82, 2.24) is 4.90 Å². The minimum atomic E-state index is 0.0601. The Kier molecular flexibility index (Phi) is 4.35. The highest BCUT2D eigenvalue weighted by molar-refractivity contribution is 7.20. The molecular formula is C19H17NOS. The number of fused-ring (bicyclic) bond motifs is 1. The lowest BCUT2D eigenvalue weighted by molar-refractivity contribution is 0.0767. The topological polar surface area (TPSA) is 20.3 Å². The quantitative estimate of drug-likeness (QED) is 0.624. The highest BCUT2D eigenvalue weighted by Gasteiger charge is 2.17. The van der Waals surface area contributed by atoms with Gasteiger partial charge in [0.1, 0.15) is 0 Å². The van der Waals surface area contributed by atoms with Crippen molar-refractivity contribution >= 4 is 27.3 Å². The minimum Gasteiger partial charge on any atom is -0.330 e. The molecule has 0 saturated carbocycles. The third kappa shape index (κ3) is 3.10. The van der Waals surface area contributed by atoms with E-state index in [2.05, 4.69) is 6.58 Å². The number of carbonyl (C=O) groups is 1. The first kappa shape index (κ1) is 14.5. The molecule has 0 N–H and O–H groups in total. The smallest absolute Gasteiger partial charge is 0.264 e. The second kappa shape index (κ2) is 6.58. The van der Waals surface area contributed by atoms with Crippen LogP contribution in [0.15, 0.2) is 73.3 Å². The largest absolute Gasteiger partial charge is 0.330 e. The van der Waals surface area contributed by atoms with Crippen LogP contribution in [-0.2, 0) is 6.54 Å². The van der Waals surface area contributed by atoms with Gasteiger partial charge in [0.25, 0.3) is 5.91 Å². The molecule has 0 saturated heterocycles. The maximum atomic E-state index is 12.8. The average Bonchev–Trinajstić information content (AvgIpc) is 2.99. The molecule has 0 aliphatic heterocycles. The van der Waals surface area contributed by atoms with Crippen LogP contribution in [0.5, 0.6) is 0 Å². The van der Waals surface area contributed by atoms with Gasteiger partial charge in [0.15, 0.2) is 0 Å². The van der Waals surface area contributed by atoms with Gasteiger partial charge in [-0.3, -0.25) is 4.79 Å². The molecule has 0 spiro atoms. The molecule has 2 nitrogen and oxygen atoms in total. The summed E-state index contributed by atoms with van der Waals surface area (Å²) in [5.41, 5.74) is 1.12. The first-order chi connectivity index (χ1) is 10.8. The molecule has 110 valence electrons. The van der Waals surface area contributed by atoms with Crippen molar-refractivity contribution in [2.45, 2.75) is 6.54 Å². The molecule has 1 heterocycles. The van der Waals surface area contributed by atoms with E-state index < -0.39 is 0 Å². The molecule has 0 bridgehead atoms. The van der Waals surface area contributed by atoms with Gasteiger partial charge in [-0.05, 0) is 23.1 Å². The molecule has 1 aromatic heterocycles. The summed E-state index contributed by atoms with van der Waals surface area (Å²) in [6.07, 6.45) is 1.77. The highest BCUT2D eigenvalue weighted by atomic mass is 32.1. The maximum absolute atomic E-state index is 12.8. The summed E-state index contributed by atoms with van der Waals surface area (Å²) in [5, 5.41) is 1.12. The molecular weight excluding hydrogens is 290 g/mol. The van der Waals surface area contributed by atoms with E-state index in [9.17, 15) is 4.79 Å². The van der Waals surface area contributed by atoms with E-state index in [0.29, 0.717) is 13.1 Å². The van der Waals surface area contributed by atoms with Crippen LogP contribution in [0.3, 0.4) is 0 Å². The molecule has 0 radical (unpaired) electrons. The van der Waals surface area contributed by atoms with Crippen LogP contribution in [0.1, 0.15) is 15.2 Å². The average molecular weight is 307 g/mol. The van der Waals surface area contributed by atoms with Crippen molar-refractivity contribution in [2.75, 3.05) is 6.54 Å². The lowest BCUT2D eigenvalue weighted by atomic mass is 10.2. The Morgan fingerprint density at radius 3 is 2.55 bits per heavy atom. The number of thiophene rings is 1. The highest BCUT2D eigenvalue weighted by Crippen LogP contribution is 2.26. The van der Waals surface area contributed by atoms with E-state index in [-0.39, 0.29) is 5.91 Å². The van der Waals surface area contributed by atoms with Crippen LogP contribution in [0.25, 0.3) is 10.1 Å². The van der Waals surface area contributed by atoms with Crippen molar-refractivity contribution in [1.29, 1.82) is 0 Å². The Labute approximate surface area is 134 Å². The van der Waals surface area contributed by atoms with Crippen molar-refractivity contribution in [3.05, 3.63) is 83.8 Å². The normalized spacial score (nSPS) is 10.5. The standard InChI is InChI=1S/C19H17NOS/c1-2-12-20(14-15-8-4-3-5-9-15)19(21)18-13-16-10-6-7-11-17(16)22-18/h2-11,13H,1,12,14H2. The number of rotatable bonds is 5. The summed E-state index contributed by atoms with van der Waals surface area (Å²) in [6.45, 7) is 4.91. The first-order valence-corrected chi connectivity index (χ1v) is 8.02. The Morgan fingerprint density at radius 1 is 1.09 bits per heavy atom. The lowest BCUT2D eigenvalue weighted by Crippen LogP contribution is -2.30. The van der Waals surface area contributed by atoms with Gasteiger partial charge in [-0.1, -0.05) is 54.6 Å². The van der Waals surface area contributed by atoms with Crippen molar-refractivity contribution < 1.29 is 4.79 Å². The van der Waals surface area contributed by atoms with Crippen LogP contribution < -0.4 is 0 Å². The van der Waals surface area contributed by atoms with Gasteiger partial charge in [-0.25, -0.2) is 0 Å². The second-order valence-corrected chi connectivity index (χ2v) is 6.19. The number of hydrogen-bond acceptors (Lipinski definition) is 2. The molecule has 2 aromatic carbocycles. The second-order valence-electron chi connectivity index (χ2n) is 5.11. The monoisotopic (exact) mass is 307 g/mol. The molecule has 3 rings (SSSR count). The number of nitrogens with zero attached hydrogens (tertiary/aromatic N) is 1. The van der Waals surface area contributed by atoms with Crippen molar-refractivity contribution in [2.24, 2.45) is 0 Å². The summed E-state index contributed by atoms with van der Waals surface area (Å²) in [6, 6.07) is 20.1. The number of benzene rings is 2. The number of carbonyl (C=O) groups excluding carboxylic acids is 1. The van der Waals surface area contributed by atoms with E-state index in [4.69, 9.17) is 0 Å². The van der Waals surface area contributed by atoms with Crippen molar-refractivity contribution in [3.63, 3.8) is 0 Å². The van der Waals surface area contributed by atoms with Crippen LogP contribution in [0, 0.1) is 0 Å². The molecule has 3 heteroatoms. The van der Waals surface area contributed by atoms with Crippen LogP contribution >= 0.6 is 11.3 Å². The number of amides is 1. The molecule has 0 fully saturated rings. The summed E-state index contributed by atoms with van der Waals surface area (Å²) in [4.78, 5) is 15.4. The van der Waals surface area contributed by atoms with Gasteiger partial charge in [0.2, 0.25) is 0 Å².